The van der Waals surface area contributed by atoms with Gasteiger partial charge in [0, 0.05) is 31.9 Å². The van der Waals surface area contributed by atoms with E-state index in [1.165, 1.54) is 22.4 Å². The molecule has 0 atom stereocenters. The van der Waals surface area contributed by atoms with Gasteiger partial charge in [-0.1, -0.05) is 65.3 Å². The van der Waals surface area contributed by atoms with E-state index in [-0.39, 0.29) is 23.3 Å². The van der Waals surface area contributed by atoms with Crippen molar-refractivity contribution in [2.24, 2.45) is 0 Å². The minimum absolute atomic E-state index is 0.0587. The molecule has 32 heavy (non-hydrogen) atoms. The van der Waals surface area contributed by atoms with Crippen LogP contribution in [0.2, 0.25) is 0 Å². The lowest BCUT2D eigenvalue weighted by Crippen LogP contribution is -2.50. The Hall–Kier alpha value is -2.49. The third kappa shape index (κ3) is 5.85. The Balaban J connectivity index is 1.65. The average molecular weight is 437 g/mol. The number of hydrogen-bond donors (Lipinski definition) is 0. The summed E-state index contributed by atoms with van der Waals surface area (Å²) >= 11 is 0. The van der Waals surface area contributed by atoms with Crippen LogP contribution in [0.1, 0.15) is 63.8 Å². The summed E-state index contributed by atoms with van der Waals surface area (Å²) in [4.78, 5) is 17.1. The van der Waals surface area contributed by atoms with E-state index >= 15 is 0 Å². The van der Waals surface area contributed by atoms with Crippen LogP contribution in [0.3, 0.4) is 0 Å². The van der Waals surface area contributed by atoms with Crippen molar-refractivity contribution in [2.75, 3.05) is 37.7 Å². The highest BCUT2D eigenvalue weighted by atomic mass is 16.5. The van der Waals surface area contributed by atoms with Gasteiger partial charge < -0.3 is 14.5 Å². The number of hydrogen-bond acceptors (Lipinski definition) is 3. The summed E-state index contributed by atoms with van der Waals surface area (Å²) in [5, 5.41) is 0. The summed E-state index contributed by atoms with van der Waals surface area (Å²) in [6, 6.07) is 13.1. The molecule has 0 bridgehead atoms. The van der Waals surface area contributed by atoms with Crippen LogP contribution in [0.4, 0.5) is 5.69 Å². The zero-order valence-corrected chi connectivity index (χ0v) is 21.2. The Morgan fingerprint density at radius 3 is 1.91 bits per heavy atom. The van der Waals surface area contributed by atoms with E-state index in [0.29, 0.717) is 0 Å². The molecule has 1 aliphatic rings. The standard InChI is InChI=1S/C28H40N2O2/c1-20-9-10-25(21(2)15-20)32-19-26(31)30-13-11-29(12-14-30)24-17-22(27(3,4)5)16-23(18-24)28(6,7)8/h9-10,15-18H,11-14,19H2,1-8H3. The van der Waals surface area contributed by atoms with Crippen molar-refractivity contribution in [2.45, 2.75) is 66.2 Å². The molecule has 1 aliphatic heterocycles. The number of carbonyl (C=O) groups excluding carboxylic acids is 1. The van der Waals surface area contributed by atoms with Gasteiger partial charge in [0.1, 0.15) is 5.75 Å². The highest BCUT2D eigenvalue weighted by Gasteiger charge is 2.25. The normalized spacial score (nSPS) is 15.1. The first kappa shape index (κ1) is 24.2. The first-order valence-corrected chi connectivity index (χ1v) is 11.7. The quantitative estimate of drug-likeness (QED) is 0.623. The Kier molecular flexibility index (Phi) is 6.92. The van der Waals surface area contributed by atoms with Gasteiger partial charge in [0.05, 0.1) is 0 Å². The molecule has 1 fully saturated rings. The van der Waals surface area contributed by atoms with Crippen molar-refractivity contribution < 1.29 is 9.53 Å². The van der Waals surface area contributed by atoms with E-state index in [9.17, 15) is 4.79 Å². The van der Waals surface area contributed by atoms with Crippen LogP contribution in [0, 0.1) is 13.8 Å². The molecule has 4 nitrogen and oxygen atoms in total. The summed E-state index contributed by atoms with van der Waals surface area (Å²) in [5.41, 5.74) is 6.44. The van der Waals surface area contributed by atoms with Crippen molar-refractivity contribution in [3.8, 4) is 5.75 Å². The number of benzene rings is 2. The number of amides is 1. The molecule has 0 aliphatic carbocycles. The zero-order chi connectivity index (χ0) is 23.7. The van der Waals surface area contributed by atoms with Crippen LogP contribution in [0.25, 0.3) is 0 Å². The average Bonchev–Trinajstić information content (AvgIpc) is 2.71. The third-order valence-electron chi connectivity index (χ3n) is 6.33. The maximum atomic E-state index is 12.7. The number of aryl methyl sites for hydroxylation is 2. The Labute approximate surface area is 194 Å². The van der Waals surface area contributed by atoms with E-state index in [4.69, 9.17) is 4.74 Å². The molecule has 1 saturated heterocycles. The lowest BCUT2D eigenvalue weighted by molar-refractivity contribution is -0.133. The molecule has 1 heterocycles. The zero-order valence-electron chi connectivity index (χ0n) is 21.2. The molecule has 0 N–H and O–H groups in total. The minimum atomic E-state index is 0.0587. The number of rotatable bonds is 4. The van der Waals surface area contributed by atoms with Gasteiger partial charge in [-0.2, -0.15) is 0 Å². The van der Waals surface area contributed by atoms with Gasteiger partial charge >= 0.3 is 0 Å². The molecule has 0 saturated carbocycles. The molecule has 2 aromatic rings. The molecule has 2 aromatic carbocycles. The SMILES string of the molecule is Cc1ccc(OCC(=O)N2CCN(c3cc(C(C)(C)C)cc(C(C)(C)C)c3)CC2)c(C)c1. The van der Waals surface area contributed by atoms with Crippen LogP contribution >= 0.6 is 0 Å². The van der Waals surface area contributed by atoms with Crippen LogP contribution in [0.5, 0.6) is 5.75 Å². The van der Waals surface area contributed by atoms with E-state index in [1.54, 1.807) is 0 Å². The van der Waals surface area contributed by atoms with Gasteiger partial charge in [-0.3, -0.25) is 4.79 Å². The van der Waals surface area contributed by atoms with Gasteiger partial charge in [-0.15, -0.1) is 0 Å². The highest BCUT2D eigenvalue weighted by Crippen LogP contribution is 2.33. The summed E-state index contributed by atoms with van der Waals surface area (Å²) in [7, 11) is 0. The Morgan fingerprint density at radius 1 is 0.844 bits per heavy atom. The molecular formula is C28H40N2O2. The first-order chi connectivity index (χ1) is 14.8. The molecule has 0 radical (unpaired) electrons. The number of nitrogens with zero attached hydrogens (tertiary/aromatic N) is 2. The maximum absolute atomic E-state index is 12.7. The number of ether oxygens (including phenoxy) is 1. The molecule has 174 valence electrons. The third-order valence-corrected chi connectivity index (χ3v) is 6.33. The largest absolute Gasteiger partial charge is 0.484 e. The highest BCUT2D eigenvalue weighted by molar-refractivity contribution is 5.78. The number of anilines is 1. The second-order valence-corrected chi connectivity index (χ2v) is 11.2. The fourth-order valence-electron chi connectivity index (χ4n) is 4.07. The smallest absolute Gasteiger partial charge is 0.260 e. The second-order valence-electron chi connectivity index (χ2n) is 11.2. The first-order valence-electron chi connectivity index (χ1n) is 11.7. The molecule has 0 spiro atoms. The topological polar surface area (TPSA) is 32.8 Å². The Bertz CT molecular complexity index is 926. The fourth-order valence-corrected chi connectivity index (χ4v) is 4.07. The summed E-state index contributed by atoms with van der Waals surface area (Å²) < 4.78 is 5.82. The van der Waals surface area contributed by atoms with E-state index in [1.807, 2.05) is 24.0 Å². The van der Waals surface area contributed by atoms with Crippen molar-refractivity contribution in [3.05, 3.63) is 58.7 Å². The summed E-state index contributed by atoms with van der Waals surface area (Å²) in [6.07, 6.45) is 0. The molecule has 0 unspecified atom stereocenters. The lowest BCUT2D eigenvalue weighted by atomic mass is 9.80. The molecular weight excluding hydrogens is 396 g/mol. The van der Waals surface area contributed by atoms with E-state index < -0.39 is 0 Å². The van der Waals surface area contributed by atoms with Gasteiger partial charge in [0.2, 0.25) is 0 Å². The lowest BCUT2D eigenvalue weighted by Gasteiger charge is -2.37. The number of piperazine rings is 1. The van der Waals surface area contributed by atoms with Crippen LogP contribution in [0.15, 0.2) is 36.4 Å². The second kappa shape index (κ2) is 9.17. The van der Waals surface area contributed by atoms with Crippen molar-refractivity contribution in [1.29, 1.82) is 0 Å². The minimum Gasteiger partial charge on any atom is -0.484 e. The predicted molar refractivity (Wildman–Crippen MR) is 134 cm³/mol. The van der Waals surface area contributed by atoms with Crippen LogP contribution in [-0.2, 0) is 15.6 Å². The predicted octanol–water partition coefficient (Wildman–Crippen LogP) is 5.63. The van der Waals surface area contributed by atoms with E-state index in [2.05, 4.69) is 77.6 Å². The molecule has 1 amide bonds. The van der Waals surface area contributed by atoms with Crippen molar-refractivity contribution >= 4 is 11.6 Å². The van der Waals surface area contributed by atoms with Gasteiger partial charge in [-0.05, 0) is 59.6 Å². The van der Waals surface area contributed by atoms with Crippen LogP contribution < -0.4 is 9.64 Å². The molecule has 3 rings (SSSR count). The monoisotopic (exact) mass is 436 g/mol. The van der Waals surface area contributed by atoms with Crippen LogP contribution in [-0.4, -0.2) is 43.6 Å². The fraction of sp³-hybridized carbons (Fsp3) is 0.536. The molecule has 0 aromatic heterocycles. The van der Waals surface area contributed by atoms with Crippen molar-refractivity contribution in [1.82, 2.24) is 4.90 Å². The van der Waals surface area contributed by atoms with E-state index in [0.717, 1.165) is 37.5 Å². The summed E-state index contributed by atoms with van der Waals surface area (Å²) in [6.45, 7) is 20.9. The number of carbonyl (C=O) groups is 1. The summed E-state index contributed by atoms with van der Waals surface area (Å²) in [5.74, 6) is 0.847. The maximum Gasteiger partial charge on any atom is 0.260 e. The molecule has 4 heteroatoms. The van der Waals surface area contributed by atoms with Gasteiger partial charge in [0.15, 0.2) is 6.61 Å². The van der Waals surface area contributed by atoms with Crippen molar-refractivity contribution in [3.63, 3.8) is 0 Å². The van der Waals surface area contributed by atoms with Gasteiger partial charge in [-0.25, -0.2) is 0 Å². The Morgan fingerprint density at radius 2 is 1.41 bits per heavy atom. The van der Waals surface area contributed by atoms with Gasteiger partial charge in [0.25, 0.3) is 5.91 Å².